The Morgan fingerprint density at radius 1 is 1.04 bits per heavy atom. The Morgan fingerprint density at radius 3 is 2.36 bits per heavy atom. The van der Waals surface area contributed by atoms with Gasteiger partial charge in [-0.25, -0.2) is 0 Å². The molecular weight excluding hydrogens is 332 g/mol. The maximum atomic E-state index is 12.2. The highest BCUT2D eigenvalue weighted by Gasteiger charge is 2.16. The van der Waals surface area contributed by atoms with E-state index in [1.165, 1.54) is 17.3 Å². The van der Waals surface area contributed by atoms with E-state index in [1.807, 2.05) is 62.4 Å². The van der Waals surface area contributed by atoms with Crippen molar-refractivity contribution in [3.05, 3.63) is 59.7 Å². The molecule has 0 bridgehead atoms. The Morgan fingerprint density at radius 2 is 1.72 bits per heavy atom. The standard InChI is InChI=1S/C20H24N2O2S/c1-4-16-9-11-17(12-10-16)21-19(23)13-25-15(3)20(24)22-18-8-6-5-7-14(18)2/h5-12,15H,4,13H2,1-3H3,(H,21,23)(H,22,24). The number of hydrogen-bond donors (Lipinski definition) is 2. The molecule has 1 unspecified atom stereocenters. The van der Waals surface area contributed by atoms with Gasteiger partial charge in [0.05, 0.1) is 11.0 Å². The number of thioether (sulfide) groups is 1. The summed E-state index contributed by atoms with van der Waals surface area (Å²) in [6, 6.07) is 15.4. The summed E-state index contributed by atoms with van der Waals surface area (Å²) in [5, 5.41) is 5.45. The maximum Gasteiger partial charge on any atom is 0.237 e. The van der Waals surface area contributed by atoms with Gasteiger partial charge in [-0.1, -0.05) is 37.3 Å². The van der Waals surface area contributed by atoms with Gasteiger partial charge in [-0.3, -0.25) is 9.59 Å². The van der Waals surface area contributed by atoms with Crippen molar-refractivity contribution in [2.45, 2.75) is 32.4 Å². The molecule has 0 aromatic heterocycles. The normalized spacial score (nSPS) is 11.6. The van der Waals surface area contributed by atoms with Crippen LogP contribution in [-0.2, 0) is 16.0 Å². The molecule has 2 N–H and O–H groups in total. The number of amides is 2. The van der Waals surface area contributed by atoms with Crippen molar-refractivity contribution >= 4 is 35.0 Å². The zero-order chi connectivity index (χ0) is 18.2. The Hall–Kier alpha value is -2.27. The van der Waals surface area contributed by atoms with E-state index in [0.717, 1.165) is 23.4 Å². The summed E-state index contributed by atoms with van der Waals surface area (Å²) >= 11 is 1.32. The first kappa shape index (κ1) is 19.1. The Bertz CT molecular complexity index is 729. The Balaban J connectivity index is 1.80. The molecule has 1 atom stereocenters. The van der Waals surface area contributed by atoms with E-state index in [-0.39, 0.29) is 22.8 Å². The van der Waals surface area contributed by atoms with Crippen molar-refractivity contribution in [3.63, 3.8) is 0 Å². The smallest absolute Gasteiger partial charge is 0.237 e. The van der Waals surface area contributed by atoms with Crippen LogP contribution in [0.5, 0.6) is 0 Å². The molecule has 132 valence electrons. The van der Waals surface area contributed by atoms with Gasteiger partial charge in [0.2, 0.25) is 11.8 Å². The van der Waals surface area contributed by atoms with Gasteiger partial charge in [0, 0.05) is 11.4 Å². The fraction of sp³-hybridized carbons (Fsp3) is 0.300. The predicted molar refractivity (Wildman–Crippen MR) is 106 cm³/mol. The fourth-order valence-corrected chi connectivity index (χ4v) is 2.93. The van der Waals surface area contributed by atoms with Crippen LogP contribution in [0.15, 0.2) is 48.5 Å². The molecule has 0 spiro atoms. The zero-order valence-corrected chi connectivity index (χ0v) is 15.7. The monoisotopic (exact) mass is 356 g/mol. The van der Waals surface area contributed by atoms with Gasteiger partial charge >= 0.3 is 0 Å². The average molecular weight is 356 g/mol. The molecule has 2 aromatic carbocycles. The Kier molecular flexibility index (Phi) is 7.07. The number of rotatable bonds is 7. The van der Waals surface area contributed by atoms with Crippen LogP contribution in [0.3, 0.4) is 0 Å². The number of carbonyl (C=O) groups is 2. The molecule has 25 heavy (non-hydrogen) atoms. The van der Waals surface area contributed by atoms with E-state index in [1.54, 1.807) is 0 Å². The van der Waals surface area contributed by atoms with E-state index in [4.69, 9.17) is 0 Å². The van der Waals surface area contributed by atoms with E-state index in [9.17, 15) is 9.59 Å². The van der Waals surface area contributed by atoms with E-state index in [0.29, 0.717) is 0 Å². The molecule has 2 aromatic rings. The second-order valence-corrected chi connectivity index (χ2v) is 7.19. The lowest BCUT2D eigenvalue weighted by atomic mass is 10.1. The summed E-state index contributed by atoms with van der Waals surface area (Å²) in [7, 11) is 0. The van der Waals surface area contributed by atoms with Crippen molar-refractivity contribution in [2.24, 2.45) is 0 Å². The third kappa shape index (κ3) is 5.94. The fourth-order valence-electron chi connectivity index (χ4n) is 2.24. The second kappa shape index (κ2) is 9.28. The molecule has 0 radical (unpaired) electrons. The van der Waals surface area contributed by atoms with Crippen LogP contribution in [0.25, 0.3) is 0 Å². The lowest BCUT2D eigenvalue weighted by Crippen LogP contribution is -2.25. The van der Waals surface area contributed by atoms with Crippen LogP contribution < -0.4 is 10.6 Å². The summed E-state index contributed by atoms with van der Waals surface area (Å²) in [5.74, 6) is 0.0296. The number of anilines is 2. The average Bonchev–Trinajstić information content (AvgIpc) is 2.62. The topological polar surface area (TPSA) is 58.2 Å². The van der Waals surface area contributed by atoms with Gasteiger partial charge in [0.25, 0.3) is 0 Å². The van der Waals surface area contributed by atoms with Crippen LogP contribution in [0.4, 0.5) is 11.4 Å². The van der Waals surface area contributed by atoms with Gasteiger partial charge in [0.1, 0.15) is 0 Å². The molecular formula is C20H24N2O2S. The summed E-state index contributed by atoms with van der Waals surface area (Å²) in [4.78, 5) is 24.3. The number of para-hydroxylation sites is 1. The molecule has 0 heterocycles. The van der Waals surface area contributed by atoms with Crippen molar-refractivity contribution in [1.29, 1.82) is 0 Å². The molecule has 0 aliphatic rings. The quantitative estimate of drug-likeness (QED) is 0.779. The van der Waals surface area contributed by atoms with Crippen molar-refractivity contribution in [1.82, 2.24) is 0 Å². The minimum atomic E-state index is -0.312. The highest BCUT2D eigenvalue weighted by atomic mass is 32.2. The van der Waals surface area contributed by atoms with Gasteiger partial charge in [-0.2, -0.15) is 0 Å². The molecule has 5 heteroatoms. The molecule has 0 aliphatic heterocycles. The minimum absolute atomic E-state index is 0.0978. The van der Waals surface area contributed by atoms with Crippen LogP contribution in [0.2, 0.25) is 0 Å². The molecule has 2 amide bonds. The van der Waals surface area contributed by atoms with E-state index >= 15 is 0 Å². The van der Waals surface area contributed by atoms with Crippen LogP contribution in [0, 0.1) is 6.92 Å². The highest BCUT2D eigenvalue weighted by molar-refractivity contribution is 8.01. The third-order valence-corrected chi connectivity index (χ3v) is 5.03. The molecule has 4 nitrogen and oxygen atoms in total. The van der Waals surface area contributed by atoms with Crippen molar-refractivity contribution in [3.8, 4) is 0 Å². The first-order valence-corrected chi connectivity index (χ1v) is 9.41. The molecule has 0 saturated heterocycles. The van der Waals surface area contributed by atoms with Gasteiger partial charge < -0.3 is 10.6 Å². The molecule has 0 fully saturated rings. The number of aryl methyl sites for hydroxylation is 2. The third-order valence-electron chi connectivity index (χ3n) is 3.88. The number of nitrogens with one attached hydrogen (secondary N) is 2. The SMILES string of the molecule is CCc1ccc(NC(=O)CSC(C)C(=O)Nc2ccccc2C)cc1. The Labute approximate surface area is 153 Å². The first-order valence-electron chi connectivity index (χ1n) is 8.36. The molecule has 0 aliphatic carbocycles. The summed E-state index contributed by atoms with van der Waals surface area (Å²) in [6.45, 7) is 5.85. The predicted octanol–water partition coefficient (Wildman–Crippen LogP) is 4.26. The summed E-state index contributed by atoms with van der Waals surface area (Å²) in [6.07, 6.45) is 0.970. The minimum Gasteiger partial charge on any atom is -0.325 e. The summed E-state index contributed by atoms with van der Waals surface area (Å²) in [5.41, 5.74) is 3.83. The first-order chi connectivity index (χ1) is 12.0. The highest BCUT2D eigenvalue weighted by Crippen LogP contribution is 2.18. The zero-order valence-electron chi connectivity index (χ0n) is 14.8. The van der Waals surface area contributed by atoms with Gasteiger partial charge in [0.15, 0.2) is 0 Å². The summed E-state index contributed by atoms with van der Waals surface area (Å²) < 4.78 is 0. The second-order valence-electron chi connectivity index (χ2n) is 5.86. The molecule has 2 rings (SSSR count). The number of benzene rings is 2. The van der Waals surface area contributed by atoms with Crippen molar-refractivity contribution in [2.75, 3.05) is 16.4 Å². The number of hydrogen-bond acceptors (Lipinski definition) is 3. The van der Waals surface area contributed by atoms with Crippen molar-refractivity contribution < 1.29 is 9.59 Å². The van der Waals surface area contributed by atoms with E-state index in [2.05, 4.69) is 17.6 Å². The lowest BCUT2D eigenvalue weighted by Gasteiger charge is -2.13. The lowest BCUT2D eigenvalue weighted by molar-refractivity contribution is -0.115. The largest absolute Gasteiger partial charge is 0.325 e. The van der Waals surface area contributed by atoms with Gasteiger partial charge in [-0.15, -0.1) is 11.8 Å². The van der Waals surface area contributed by atoms with Crippen LogP contribution in [-0.4, -0.2) is 22.8 Å². The maximum absolute atomic E-state index is 12.2. The van der Waals surface area contributed by atoms with Crippen LogP contribution in [0.1, 0.15) is 25.0 Å². The number of carbonyl (C=O) groups excluding carboxylic acids is 2. The van der Waals surface area contributed by atoms with E-state index < -0.39 is 0 Å². The van der Waals surface area contributed by atoms with Crippen LogP contribution >= 0.6 is 11.8 Å². The van der Waals surface area contributed by atoms with Gasteiger partial charge in [-0.05, 0) is 49.6 Å². The molecule has 0 saturated carbocycles.